The Balaban J connectivity index is 1.88. The van der Waals surface area contributed by atoms with Crippen LogP contribution in [0.4, 0.5) is 0 Å². The fourth-order valence-corrected chi connectivity index (χ4v) is 2.47. The molecule has 114 valence electrons. The van der Waals surface area contributed by atoms with Gasteiger partial charge in [0.25, 0.3) is 0 Å². The lowest BCUT2D eigenvalue weighted by Gasteiger charge is -2.14. The summed E-state index contributed by atoms with van der Waals surface area (Å²) in [6.45, 7) is 3.30. The zero-order chi connectivity index (χ0) is 15.4. The minimum Gasteiger partial charge on any atom is -0.486 e. The van der Waals surface area contributed by atoms with Gasteiger partial charge in [-0.3, -0.25) is 0 Å². The van der Waals surface area contributed by atoms with E-state index >= 15 is 0 Å². The third kappa shape index (κ3) is 3.12. The molecule has 3 aromatic rings. The van der Waals surface area contributed by atoms with Crippen molar-refractivity contribution in [3.05, 3.63) is 60.4 Å². The Bertz CT molecular complexity index is 736. The largest absolute Gasteiger partial charge is 0.486 e. The molecule has 3 rings (SSSR count). The summed E-state index contributed by atoms with van der Waals surface area (Å²) < 4.78 is 8.03. The Kier molecular flexibility index (Phi) is 4.39. The maximum atomic E-state index is 6.14. The van der Waals surface area contributed by atoms with Crippen molar-refractivity contribution in [3.63, 3.8) is 0 Å². The first-order valence-electron chi connectivity index (χ1n) is 7.65. The van der Waals surface area contributed by atoms with Crippen LogP contribution >= 0.6 is 0 Å². The van der Waals surface area contributed by atoms with Gasteiger partial charge in [0.15, 0.2) is 0 Å². The molecule has 0 bridgehead atoms. The molecule has 1 heterocycles. The highest BCUT2D eigenvalue weighted by atomic mass is 16.5. The number of benzene rings is 2. The maximum Gasteiger partial charge on any atom is 0.148 e. The zero-order valence-electron chi connectivity index (χ0n) is 12.8. The molecule has 4 heteroatoms. The van der Waals surface area contributed by atoms with Gasteiger partial charge in [-0.05, 0) is 30.7 Å². The molecule has 0 aliphatic heterocycles. The second-order valence-electron chi connectivity index (χ2n) is 5.40. The van der Waals surface area contributed by atoms with Crippen molar-refractivity contribution in [2.75, 3.05) is 0 Å². The summed E-state index contributed by atoms with van der Waals surface area (Å²) in [6, 6.07) is 18.1. The summed E-state index contributed by atoms with van der Waals surface area (Å²) in [5, 5.41) is 0. The van der Waals surface area contributed by atoms with Gasteiger partial charge in [0, 0.05) is 12.6 Å². The van der Waals surface area contributed by atoms with Gasteiger partial charge in [-0.1, -0.05) is 37.3 Å². The van der Waals surface area contributed by atoms with Crippen LogP contribution in [0, 0.1) is 0 Å². The fourth-order valence-electron chi connectivity index (χ4n) is 2.47. The standard InChI is InChI=1S/C18H21N3O/c1-2-14(19)12-21-17-11-7-6-10-16(17)20-18(21)13-22-15-8-4-3-5-9-15/h3-11,14H,2,12-13,19H2,1H3. The van der Waals surface area contributed by atoms with Gasteiger partial charge >= 0.3 is 0 Å². The summed E-state index contributed by atoms with van der Waals surface area (Å²) >= 11 is 0. The molecule has 0 spiro atoms. The van der Waals surface area contributed by atoms with E-state index in [1.165, 1.54) is 0 Å². The predicted molar refractivity (Wildman–Crippen MR) is 88.8 cm³/mol. The zero-order valence-corrected chi connectivity index (χ0v) is 12.8. The summed E-state index contributed by atoms with van der Waals surface area (Å²) in [5.74, 6) is 1.76. The van der Waals surface area contributed by atoms with Crippen LogP contribution in [0.15, 0.2) is 54.6 Å². The van der Waals surface area contributed by atoms with Crippen LogP contribution in [0.3, 0.4) is 0 Å². The average Bonchev–Trinajstić information content (AvgIpc) is 2.91. The molecule has 0 amide bonds. The predicted octanol–water partition coefficient (Wildman–Crippen LogP) is 3.35. The third-order valence-corrected chi connectivity index (χ3v) is 3.79. The molecule has 0 aliphatic carbocycles. The number of rotatable bonds is 6. The van der Waals surface area contributed by atoms with Gasteiger partial charge in [0.2, 0.25) is 0 Å². The Morgan fingerprint density at radius 3 is 2.59 bits per heavy atom. The van der Waals surface area contributed by atoms with E-state index in [0.29, 0.717) is 6.61 Å². The lowest BCUT2D eigenvalue weighted by Crippen LogP contribution is -2.26. The topological polar surface area (TPSA) is 53.1 Å². The molecule has 2 N–H and O–H groups in total. The molecule has 1 aromatic heterocycles. The normalized spacial score (nSPS) is 12.5. The molecule has 0 fully saturated rings. The second kappa shape index (κ2) is 6.62. The number of hydrogen-bond donors (Lipinski definition) is 1. The molecule has 0 saturated carbocycles. The maximum absolute atomic E-state index is 6.14. The van der Waals surface area contributed by atoms with Gasteiger partial charge in [-0.2, -0.15) is 0 Å². The first kappa shape index (κ1) is 14.6. The molecule has 0 radical (unpaired) electrons. The number of fused-ring (bicyclic) bond motifs is 1. The Morgan fingerprint density at radius 2 is 1.82 bits per heavy atom. The molecule has 4 nitrogen and oxygen atoms in total. The van der Waals surface area contributed by atoms with Gasteiger partial charge in [0.1, 0.15) is 18.2 Å². The molecule has 1 atom stereocenters. The van der Waals surface area contributed by atoms with Crippen molar-refractivity contribution in [2.24, 2.45) is 5.73 Å². The molecule has 0 aliphatic rings. The Labute approximate surface area is 130 Å². The number of hydrogen-bond acceptors (Lipinski definition) is 3. The van der Waals surface area contributed by atoms with Gasteiger partial charge in [-0.15, -0.1) is 0 Å². The second-order valence-corrected chi connectivity index (χ2v) is 5.40. The van der Waals surface area contributed by atoms with Gasteiger partial charge < -0.3 is 15.0 Å². The number of imidazole rings is 1. The smallest absolute Gasteiger partial charge is 0.148 e. The van der Waals surface area contributed by atoms with Crippen LogP contribution in [-0.2, 0) is 13.2 Å². The first-order chi connectivity index (χ1) is 10.8. The number of nitrogens with zero attached hydrogens (tertiary/aromatic N) is 2. The van der Waals surface area contributed by atoms with E-state index in [9.17, 15) is 0 Å². The van der Waals surface area contributed by atoms with Gasteiger partial charge in [-0.25, -0.2) is 4.98 Å². The van der Waals surface area contributed by atoms with Crippen LogP contribution in [0.1, 0.15) is 19.2 Å². The monoisotopic (exact) mass is 295 g/mol. The third-order valence-electron chi connectivity index (χ3n) is 3.79. The summed E-state index contributed by atoms with van der Waals surface area (Å²) in [7, 11) is 0. The minimum atomic E-state index is 0.119. The van der Waals surface area contributed by atoms with Crippen molar-refractivity contribution in [3.8, 4) is 5.75 Å². The molecule has 1 unspecified atom stereocenters. The van der Waals surface area contributed by atoms with Crippen LogP contribution < -0.4 is 10.5 Å². The van der Waals surface area contributed by atoms with E-state index in [0.717, 1.165) is 35.6 Å². The SMILES string of the molecule is CCC(N)Cn1c(COc2ccccc2)nc2ccccc21. The van der Waals surface area contributed by atoms with Crippen molar-refractivity contribution in [1.29, 1.82) is 0 Å². The van der Waals surface area contributed by atoms with Crippen molar-refractivity contribution in [1.82, 2.24) is 9.55 Å². The molecular formula is C18H21N3O. The Morgan fingerprint density at radius 1 is 1.09 bits per heavy atom. The lowest BCUT2D eigenvalue weighted by atomic mass is 10.2. The number of nitrogens with two attached hydrogens (primary N) is 1. The van der Waals surface area contributed by atoms with Crippen LogP contribution in [-0.4, -0.2) is 15.6 Å². The highest BCUT2D eigenvalue weighted by molar-refractivity contribution is 5.75. The van der Waals surface area contributed by atoms with E-state index in [1.807, 2.05) is 48.5 Å². The van der Waals surface area contributed by atoms with Gasteiger partial charge in [0.05, 0.1) is 11.0 Å². The number of ether oxygens (including phenoxy) is 1. The summed E-state index contributed by atoms with van der Waals surface area (Å²) in [5.41, 5.74) is 8.24. The van der Waals surface area contributed by atoms with E-state index in [2.05, 4.69) is 17.6 Å². The van der Waals surface area contributed by atoms with Crippen molar-refractivity contribution in [2.45, 2.75) is 32.5 Å². The quantitative estimate of drug-likeness (QED) is 0.758. The highest BCUT2D eigenvalue weighted by Crippen LogP contribution is 2.19. The van der Waals surface area contributed by atoms with E-state index in [-0.39, 0.29) is 6.04 Å². The highest BCUT2D eigenvalue weighted by Gasteiger charge is 2.13. The van der Waals surface area contributed by atoms with Crippen LogP contribution in [0.5, 0.6) is 5.75 Å². The fraction of sp³-hybridized carbons (Fsp3) is 0.278. The Hall–Kier alpha value is -2.33. The van der Waals surface area contributed by atoms with E-state index in [4.69, 9.17) is 15.5 Å². The first-order valence-corrected chi connectivity index (χ1v) is 7.65. The summed E-state index contributed by atoms with van der Waals surface area (Å²) in [4.78, 5) is 4.70. The van der Waals surface area contributed by atoms with Crippen molar-refractivity contribution >= 4 is 11.0 Å². The number of para-hydroxylation sites is 3. The average molecular weight is 295 g/mol. The van der Waals surface area contributed by atoms with E-state index < -0.39 is 0 Å². The number of aromatic nitrogens is 2. The minimum absolute atomic E-state index is 0.119. The molecule has 2 aromatic carbocycles. The summed E-state index contributed by atoms with van der Waals surface area (Å²) in [6.07, 6.45) is 0.936. The van der Waals surface area contributed by atoms with E-state index in [1.54, 1.807) is 0 Å². The lowest BCUT2D eigenvalue weighted by molar-refractivity contribution is 0.288. The molecule has 0 saturated heterocycles. The van der Waals surface area contributed by atoms with Crippen LogP contribution in [0.2, 0.25) is 0 Å². The molecular weight excluding hydrogens is 274 g/mol. The van der Waals surface area contributed by atoms with Crippen LogP contribution in [0.25, 0.3) is 11.0 Å². The molecule has 22 heavy (non-hydrogen) atoms. The van der Waals surface area contributed by atoms with Crippen molar-refractivity contribution < 1.29 is 4.74 Å².